The molecule has 0 amide bonds. The van der Waals surface area contributed by atoms with Gasteiger partial charge in [0.15, 0.2) is 0 Å². The van der Waals surface area contributed by atoms with Crippen LogP contribution in [0.25, 0.3) is 11.1 Å². The minimum atomic E-state index is -0.656. The molecule has 5 heteroatoms. The molecule has 0 fully saturated rings. The summed E-state index contributed by atoms with van der Waals surface area (Å²) in [4.78, 5) is 24.1. The molecule has 0 N–H and O–H groups in total. The van der Waals surface area contributed by atoms with Crippen LogP contribution in [-0.4, -0.2) is 17.3 Å². The number of unbranched alkanes of at least 4 members (excludes halogenated alkanes) is 4. The molecule has 31 heavy (non-hydrogen) atoms. The first kappa shape index (κ1) is 24.9. The number of halogens is 1. The molecule has 0 unspecified atom stereocenters. The quantitative estimate of drug-likeness (QED) is 0.150. The molecule has 2 aromatic rings. The van der Waals surface area contributed by atoms with E-state index in [2.05, 4.69) is 6.92 Å². The van der Waals surface area contributed by atoms with Crippen molar-refractivity contribution in [3.63, 3.8) is 0 Å². The Morgan fingerprint density at radius 2 is 1.32 bits per heavy atom. The molecule has 0 spiro atoms. The predicted octanol–water partition coefficient (Wildman–Crippen LogP) is 7.18. The molecule has 0 aliphatic heterocycles. The maximum Gasteiger partial charge on any atom is 0.329 e. The molecule has 0 aromatic heterocycles. The fourth-order valence-corrected chi connectivity index (χ4v) is 3.32. The van der Waals surface area contributed by atoms with Gasteiger partial charge in [0.25, 0.3) is 0 Å². The van der Waals surface area contributed by atoms with E-state index in [0.717, 1.165) is 30.4 Å². The summed E-state index contributed by atoms with van der Waals surface area (Å²) in [5.41, 5.74) is 1.95. The van der Waals surface area contributed by atoms with Crippen LogP contribution in [0.15, 0.2) is 48.5 Å². The van der Waals surface area contributed by atoms with Crippen LogP contribution in [0.3, 0.4) is 0 Å². The van der Waals surface area contributed by atoms with E-state index in [1.165, 1.54) is 19.3 Å². The van der Waals surface area contributed by atoms with Gasteiger partial charge >= 0.3 is 11.9 Å². The Morgan fingerprint density at radius 1 is 0.806 bits per heavy atom. The SMILES string of the molecule is CCCCCCCC(=O)Oc1ccc(-c2ccc(OC(=O)[C@@H](Cl)[C@@H](C)CC)cc2)cc1. The summed E-state index contributed by atoms with van der Waals surface area (Å²) in [6, 6.07) is 14.7. The van der Waals surface area contributed by atoms with E-state index in [0.29, 0.717) is 17.9 Å². The Balaban J connectivity index is 1.87. The molecule has 2 atom stereocenters. The van der Waals surface area contributed by atoms with Gasteiger partial charge in [0, 0.05) is 6.42 Å². The number of hydrogen-bond donors (Lipinski definition) is 0. The van der Waals surface area contributed by atoms with Crippen molar-refractivity contribution < 1.29 is 19.1 Å². The molecule has 0 aliphatic rings. The van der Waals surface area contributed by atoms with Crippen molar-refractivity contribution in [2.45, 2.75) is 71.1 Å². The highest BCUT2D eigenvalue weighted by molar-refractivity contribution is 6.30. The third-order valence-corrected chi connectivity index (χ3v) is 5.95. The first-order chi connectivity index (χ1) is 14.9. The zero-order valence-electron chi connectivity index (χ0n) is 18.7. The van der Waals surface area contributed by atoms with Crippen molar-refractivity contribution in [3.05, 3.63) is 48.5 Å². The van der Waals surface area contributed by atoms with E-state index in [1.54, 1.807) is 24.3 Å². The fraction of sp³-hybridized carbons (Fsp3) is 0.462. The zero-order chi connectivity index (χ0) is 22.6. The highest BCUT2D eigenvalue weighted by Crippen LogP contribution is 2.26. The summed E-state index contributed by atoms with van der Waals surface area (Å²) in [5, 5.41) is -0.656. The van der Waals surface area contributed by atoms with Gasteiger partial charge in [-0.3, -0.25) is 9.59 Å². The third kappa shape index (κ3) is 8.37. The second kappa shape index (κ2) is 13.2. The number of ether oxygens (including phenoxy) is 2. The van der Waals surface area contributed by atoms with Crippen molar-refractivity contribution in [2.24, 2.45) is 5.92 Å². The molecular formula is C26H33ClO4. The average Bonchev–Trinajstić information content (AvgIpc) is 2.79. The highest BCUT2D eigenvalue weighted by atomic mass is 35.5. The molecule has 0 saturated heterocycles. The number of carbonyl (C=O) groups excluding carboxylic acids is 2. The van der Waals surface area contributed by atoms with Crippen LogP contribution in [0.5, 0.6) is 11.5 Å². The molecular weight excluding hydrogens is 412 g/mol. The van der Waals surface area contributed by atoms with Crippen LogP contribution in [-0.2, 0) is 9.59 Å². The summed E-state index contributed by atoms with van der Waals surface area (Å²) in [6.45, 7) is 6.09. The number of carbonyl (C=O) groups is 2. The van der Waals surface area contributed by atoms with Gasteiger partial charge in [0.05, 0.1) is 0 Å². The number of esters is 2. The standard InChI is InChI=1S/C26H33ClO4/c1-4-6-7-8-9-10-24(28)30-22-15-11-20(12-16-22)21-13-17-23(18-14-21)31-26(29)25(27)19(3)5-2/h11-19,25H,4-10H2,1-3H3/t19-,25-/m0/s1. The molecule has 0 saturated carbocycles. The molecule has 0 radical (unpaired) electrons. The Hall–Kier alpha value is -2.33. The van der Waals surface area contributed by atoms with Crippen molar-refractivity contribution in [1.82, 2.24) is 0 Å². The lowest BCUT2D eigenvalue weighted by Gasteiger charge is -2.15. The summed E-state index contributed by atoms with van der Waals surface area (Å²) in [5.74, 6) is 0.450. The third-order valence-electron chi connectivity index (χ3n) is 5.35. The molecule has 0 heterocycles. The Kier molecular flexibility index (Phi) is 10.6. The number of hydrogen-bond acceptors (Lipinski definition) is 4. The second-order valence-electron chi connectivity index (χ2n) is 7.90. The van der Waals surface area contributed by atoms with Crippen molar-refractivity contribution in [2.75, 3.05) is 0 Å². The minimum absolute atomic E-state index is 0.0575. The van der Waals surface area contributed by atoms with Crippen LogP contribution in [0.4, 0.5) is 0 Å². The normalized spacial score (nSPS) is 12.8. The van der Waals surface area contributed by atoms with Crippen molar-refractivity contribution >= 4 is 23.5 Å². The molecule has 168 valence electrons. The van der Waals surface area contributed by atoms with Crippen LogP contribution < -0.4 is 9.47 Å². The lowest BCUT2D eigenvalue weighted by atomic mass is 10.0. The van der Waals surface area contributed by atoms with Crippen LogP contribution >= 0.6 is 11.6 Å². The van der Waals surface area contributed by atoms with Gasteiger partial charge in [-0.1, -0.05) is 77.1 Å². The Morgan fingerprint density at radius 3 is 1.84 bits per heavy atom. The highest BCUT2D eigenvalue weighted by Gasteiger charge is 2.23. The smallest absolute Gasteiger partial charge is 0.329 e. The largest absolute Gasteiger partial charge is 0.427 e. The summed E-state index contributed by atoms with van der Waals surface area (Å²) in [7, 11) is 0. The van der Waals surface area contributed by atoms with Crippen LogP contribution in [0, 0.1) is 5.92 Å². The molecule has 0 aliphatic carbocycles. The monoisotopic (exact) mass is 444 g/mol. The minimum Gasteiger partial charge on any atom is -0.427 e. The van der Waals surface area contributed by atoms with E-state index in [1.807, 2.05) is 38.1 Å². The van der Waals surface area contributed by atoms with E-state index >= 15 is 0 Å². The van der Waals surface area contributed by atoms with Gasteiger partial charge in [-0.05, 0) is 47.7 Å². The van der Waals surface area contributed by atoms with E-state index < -0.39 is 11.3 Å². The van der Waals surface area contributed by atoms with Gasteiger partial charge in [-0.2, -0.15) is 0 Å². The van der Waals surface area contributed by atoms with Crippen molar-refractivity contribution in [3.8, 4) is 22.6 Å². The summed E-state index contributed by atoms with van der Waals surface area (Å²) < 4.78 is 10.8. The Labute approximate surface area is 190 Å². The number of rotatable bonds is 12. The first-order valence-electron chi connectivity index (χ1n) is 11.2. The second-order valence-corrected chi connectivity index (χ2v) is 8.37. The topological polar surface area (TPSA) is 52.6 Å². The van der Waals surface area contributed by atoms with Gasteiger partial charge < -0.3 is 9.47 Å². The van der Waals surface area contributed by atoms with Gasteiger partial charge in [-0.25, -0.2) is 0 Å². The lowest BCUT2D eigenvalue weighted by Crippen LogP contribution is -2.26. The van der Waals surface area contributed by atoms with E-state index in [4.69, 9.17) is 21.1 Å². The molecule has 2 aromatic carbocycles. The van der Waals surface area contributed by atoms with Crippen LogP contribution in [0.1, 0.15) is 65.7 Å². The maximum absolute atomic E-state index is 12.1. The summed E-state index contributed by atoms with van der Waals surface area (Å²) >= 11 is 6.15. The van der Waals surface area contributed by atoms with Gasteiger partial charge in [0.2, 0.25) is 0 Å². The lowest BCUT2D eigenvalue weighted by molar-refractivity contribution is -0.135. The fourth-order valence-electron chi connectivity index (χ4n) is 3.10. The summed E-state index contributed by atoms with van der Waals surface area (Å²) in [6.07, 6.45) is 6.77. The average molecular weight is 445 g/mol. The zero-order valence-corrected chi connectivity index (χ0v) is 19.5. The maximum atomic E-state index is 12.1. The molecule has 0 bridgehead atoms. The van der Waals surface area contributed by atoms with Gasteiger partial charge in [-0.15, -0.1) is 11.6 Å². The molecule has 4 nitrogen and oxygen atoms in total. The van der Waals surface area contributed by atoms with Crippen LogP contribution in [0.2, 0.25) is 0 Å². The predicted molar refractivity (Wildman–Crippen MR) is 126 cm³/mol. The van der Waals surface area contributed by atoms with E-state index in [9.17, 15) is 9.59 Å². The first-order valence-corrected chi connectivity index (χ1v) is 11.6. The Bertz CT molecular complexity index is 814. The van der Waals surface area contributed by atoms with Crippen molar-refractivity contribution in [1.29, 1.82) is 0 Å². The molecule has 2 rings (SSSR count). The van der Waals surface area contributed by atoms with Gasteiger partial charge in [0.1, 0.15) is 16.9 Å². The number of benzene rings is 2. The van der Waals surface area contributed by atoms with E-state index in [-0.39, 0.29) is 11.9 Å². The number of alkyl halides is 1.